The van der Waals surface area contributed by atoms with Crippen molar-refractivity contribution in [1.29, 1.82) is 0 Å². The van der Waals surface area contributed by atoms with E-state index in [9.17, 15) is 5.11 Å². The molecular formula is C15H22N2O2. The third kappa shape index (κ3) is 2.55. The molecule has 2 aliphatic heterocycles. The van der Waals surface area contributed by atoms with Crippen molar-refractivity contribution in [3.63, 3.8) is 0 Å². The molecule has 2 atom stereocenters. The summed E-state index contributed by atoms with van der Waals surface area (Å²) in [6, 6.07) is 5.77. The molecule has 0 unspecified atom stereocenters. The molecule has 2 N–H and O–H groups in total. The number of likely N-dealkylation sites (tertiary alicyclic amines) is 1. The van der Waals surface area contributed by atoms with Crippen LogP contribution in [0.5, 0.6) is 11.5 Å². The number of phenols is 1. The van der Waals surface area contributed by atoms with Crippen LogP contribution in [0.2, 0.25) is 0 Å². The van der Waals surface area contributed by atoms with Crippen LogP contribution in [0.1, 0.15) is 12.5 Å². The first-order valence-electron chi connectivity index (χ1n) is 7.14. The van der Waals surface area contributed by atoms with Gasteiger partial charge in [-0.1, -0.05) is 12.1 Å². The Labute approximate surface area is 114 Å². The van der Waals surface area contributed by atoms with Gasteiger partial charge in [-0.3, -0.25) is 4.90 Å². The summed E-state index contributed by atoms with van der Waals surface area (Å²) in [7, 11) is 0. The molecular weight excluding hydrogens is 240 g/mol. The van der Waals surface area contributed by atoms with E-state index in [4.69, 9.17) is 4.74 Å². The number of rotatable bonds is 4. The number of nitrogens with one attached hydrogen (secondary N) is 1. The Hall–Kier alpha value is -1.26. The Morgan fingerprint density at radius 1 is 1.32 bits per heavy atom. The van der Waals surface area contributed by atoms with E-state index in [0.29, 0.717) is 18.1 Å². The molecule has 0 spiro atoms. The van der Waals surface area contributed by atoms with Gasteiger partial charge in [-0.15, -0.1) is 0 Å². The lowest BCUT2D eigenvalue weighted by Gasteiger charge is -2.18. The van der Waals surface area contributed by atoms with E-state index >= 15 is 0 Å². The van der Waals surface area contributed by atoms with Crippen LogP contribution < -0.4 is 10.1 Å². The van der Waals surface area contributed by atoms with Crippen LogP contribution in [0.4, 0.5) is 0 Å². The number of ether oxygens (including phenoxy) is 1. The predicted octanol–water partition coefficient (Wildman–Crippen LogP) is 1.44. The number of fused-ring (bicyclic) bond motifs is 1. The largest absolute Gasteiger partial charge is 0.504 e. The van der Waals surface area contributed by atoms with Crippen LogP contribution in [0.15, 0.2) is 18.2 Å². The fraction of sp³-hybridized carbons (Fsp3) is 0.600. The predicted molar refractivity (Wildman–Crippen MR) is 74.4 cm³/mol. The molecule has 4 heteroatoms. The Morgan fingerprint density at radius 3 is 2.74 bits per heavy atom. The van der Waals surface area contributed by atoms with E-state index in [1.807, 2.05) is 25.1 Å². The normalized spacial score (nSPS) is 26.6. The van der Waals surface area contributed by atoms with Gasteiger partial charge < -0.3 is 15.2 Å². The maximum atomic E-state index is 10.2. The summed E-state index contributed by atoms with van der Waals surface area (Å²) in [5.74, 6) is 2.48. The highest BCUT2D eigenvalue weighted by atomic mass is 16.5. The number of para-hydroxylation sites is 1. The minimum atomic E-state index is 0.305. The Bertz CT molecular complexity index is 438. The van der Waals surface area contributed by atoms with E-state index in [1.165, 1.54) is 0 Å². The van der Waals surface area contributed by atoms with Crippen LogP contribution >= 0.6 is 0 Å². The van der Waals surface area contributed by atoms with Gasteiger partial charge in [0, 0.05) is 25.2 Å². The molecule has 104 valence electrons. The summed E-state index contributed by atoms with van der Waals surface area (Å²) in [6.07, 6.45) is 0. The molecule has 0 saturated carbocycles. The molecule has 0 amide bonds. The van der Waals surface area contributed by atoms with Gasteiger partial charge in [-0.2, -0.15) is 0 Å². The lowest BCUT2D eigenvalue weighted by atomic mass is 10.0. The molecule has 0 radical (unpaired) electrons. The summed E-state index contributed by atoms with van der Waals surface area (Å²) in [5.41, 5.74) is 0.971. The lowest BCUT2D eigenvalue weighted by molar-refractivity contribution is 0.290. The van der Waals surface area contributed by atoms with Crippen LogP contribution in [-0.4, -0.2) is 42.8 Å². The molecule has 19 heavy (non-hydrogen) atoms. The number of nitrogens with zero attached hydrogens (tertiary/aromatic N) is 1. The fourth-order valence-corrected chi connectivity index (χ4v) is 3.29. The van der Waals surface area contributed by atoms with Crippen LogP contribution in [0.3, 0.4) is 0 Å². The van der Waals surface area contributed by atoms with Gasteiger partial charge in [0.1, 0.15) is 0 Å². The van der Waals surface area contributed by atoms with Gasteiger partial charge in [-0.25, -0.2) is 0 Å². The number of aromatic hydroxyl groups is 1. The zero-order chi connectivity index (χ0) is 13.2. The molecule has 3 rings (SSSR count). The average Bonchev–Trinajstić information content (AvgIpc) is 2.95. The first kappa shape index (κ1) is 12.8. The van der Waals surface area contributed by atoms with E-state index in [-0.39, 0.29) is 0 Å². The van der Waals surface area contributed by atoms with Gasteiger partial charge in [0.25, 0.3) is 0 Å². The molecule has 0 bridgehead atoms. The van der Waals surface area contributed by atoms with E-state index in [0.717, 1.165) is 50.1 Å². The Balaban J connectivity index is 1.68. The maximum absolute atomic E-state index is 10.2. The van der Waals surface area contributed by atoms with Crippen molar-refractivity contribution in [2.75, 3.05) is 32.8 Å². The summed E-state index contributed by atoms with van der Waals surface area (Å²) < 4.78 is 5.44. The summed E-state index contributed by atoms with van der Waals surface area (Å²) in [5, 5.41) is 13.7. The van der Waals surface area contributed by atoms with Crippen molar-refractivity contribution in [2.24, 2.45) is 11.8 Å². The highest BCUT2D eigenvalue weighted by molar-refractivity contribution is 5.45. The van der Waals surface area contributed by atoms with Crippen molar-refractivity contribution in [1.82, 2.24) is 10.2 Å². The van der Waals surface area contributed by atoms with E-state index in [1.54, 1.807) is 0 Å². The second-order valence-electron chi connectivity index (χ2n) is 5.57. The quantitative estimate of drug-likeness (QED) is 0.862. The molecule has 1 aromatic carbocycles. The first-order chi connectivity index (χ1) is 9.28. The average molecular weight is 262 g/mol. The molecule has 4 nitrogen and oxygen atoms in total. The number of benzene rings is 1. The molecule has 1 aromatic rings. The number of hydrogen-bond acceptors (Lipinski definition) is 4. The molecule has 2 heterocycles. The van der Waals surface area contributed by atoms with E-state index in [2.05, 4.69) is 10.2 Å². The van der Waals surface area contributed by atoms with Crippen molar-refractivity contribution in [2.45, 2.75) is 13.5 Å². The summed E-state index contributed by atoms with van der Waals surface area (Å²) in [6.45, 7) is 7.89. The zero-order valence-corrected chi connectivity index (χ0v) is 11.4. The Kier molecular flexibility index (Phi) is 3.62. The minimum Gasteiger partial charge on any atom is -0.504 e. The summed E-state index contributed by atoms with van der Waals surface area (Å²) >= 11 is 0. The monoisotopic (exact) mass is 262 g/mol. The first-order valence-corrected chi connectivity index (χ1v) is 7.14. The molecule has 2 aliphatic rings. The summed E-state index contributed by atoms with van der Waals surface area (Å²) in [4.78, 5) is 2.45. The van der Waals surface area contributed by atoms with Crippen molar-refractivity contribution >= 4 is 0 Å². The number of hydrogen-bond donors (Lipinski definition) is 2. The Morgan fingerprint density at radius 2 is 2.05 bits per heavy atom. The standard InChI is InChI=1S/C15H22N2O2/c1-2-19-14-5-3-4-11(15(14)18)8-17-9-12-6-16-7-13(12)10-17/h3-5,12-13,16,18H,2,6-10H2,1H3/t12-,13+. The fourth-order valence-electron chi connectivity index (χ4n) is 3.29. The second kappa shape index (κ2) is 5.39. The van der Waals surface area contributed by atoms with Crippen molar-refractivity contribution < 1.29 is 9.84 Å². The zero-order valence-electron chi connectivity index (χ0n) is 11.4. The smallest absolute Gasteiger partial charge is 0.162 e. The van der Waals surface area contributed by atoms with Gasteiger partial charge in [0.15, 0.2) is 11.5 Å². The number of phenolic OH excluding ortho intramolecular Hbond substituents is 1. The third-order valence-corrected chi connectivity index (χ3v) is 4.24. The molecule has 2 fully saturated rings. The van der Waals surface area contributed by atoms with Crippen molar-refractivity contribution in [3.05, 3.63) is 23.8 Å². The van der Waals surface area contributed by atoms with Gasteiger partial charge in [0.2, 0.25) is 0 Å². The minimum absolute atomic E-state index is 0.305. The highest BCUT2D eigenvalue weighted by Gasteiger charge is 2.36. The molecule has 0 aliphatic carbocycles. The van der Waals surface area contributed by atoms with Crippen molar-refractivity contribution in [3.8, 4) is 11.5 Å². The second-order valence-corrected chi connectivity index (χ2v) is 5.57. The highest BCUT2D eigenvalue weighted by Crippen LogP contribution is 2.33. The SMILES string of the molecule is CCOc1cccc(CN2C[C@H]3CNC[C@H]3C2)c1O. The maximum Gasteiger partial charge on any atom is 0.162 e. The topological polar surface area (TPSA) is 44.7 Å². The molecule has 0 aromatic heterocycles. The van der Waals surface area contributed by atoms with Gasteiger partial charge >= 0.3 is 0 Å². The lowest BCUT2D eigenvalue weighted by Crippen LogP contribution is -2.25. The van der Waals surface area contributed by atoms with Gasteiger partial charge in [-0.05, 0) is 37.9 Å². The third-order valence-electron chi connectivity index (χ3n) is 4.24. The molecule has 2 saturated heterocycles. The van der Waals surface area contributed by atoms with Crippen LogP contribution in [0, 0.1) is 11.8 Å². The van der Waals surface area contributed by atoms with Crippen LogP contribution in [0.25, 0.3) is 0 Å². The van der Waals surface area contributed by atoms with Crippen LogP contribution in [-0.2, 0) is 6.54 Å². The van der Waals surface area contributed by atoms with E-state index < -0.39 is 0 Å². The van der Waals surface area contributed by atoms with Gasteiger partial charge in [0.05, 0.1) is 6.61 Å².